The third kappa shape index (κ3) is 4.19. The Bertz CT molecular complexity index is 954. The third-order valence-corrected chi connectivity index (χ3v) is 5.43. The predicted octanol–water partition coefficient (Wildman–Crippen LogP) is 3.72. The number of benzene rings is 1. The minimum absolute atomic E-state index is 0.0612. The van der Waals surface area contributed by atoms with E-state index in [-0.39, 0.29) is 17.6 Å². The maximum absolute atomic E-state index is 13.5. The van der Waals surface area contributed by atoms with Gasteiger partial charge in [-0.3, -0.25) is 14.5 Å². The molecule has 2 amide bonds. The van der Waals surface area contributed by atoms with Crippen molar-refractivity contribution in [1.29, 1.82) is 0 Å². The third-order valence-electron chi connectivity index (χ3n) is 4.92. The fraction of sp³-hybridized carbons (Fsp3) is 0.300. The number of nitrogens with zero attached hydrogens (tertiary/aromatic N) is 3. The molecule has 1 aliphatic rings. The summed E-state index contributed by atoms with van der Waals surface area (Å²) in [5, 5.41) is 8.38. The van der Waals surface area contributed by atoms with Crippen molar-refractivity contribution < 1.29 is 18.4 Å². The van der Waals surface area contributed by atoms with Crippen molar-refractivity contribution in [2.45, 2.75) is 37.8 Å². The molecule has 4 rings (SSSR count). The van der Waals surface area contributed by atoms with Crippen LogP contribution in [0.15, 0.2) is 52.5 Å². The average molecular weight is 414 g/mol. The summed E-state index contributed by atoms with van der Waals surface area (Å²) in [6.07, 6.45) is 5.36. The van der Waals surface area contributed by atoms with E-state index in [1.54, 1.807) is 12.1 Å². The van der Waals surface area contributed by atoms with Crippen molar-refractivity contribution in [2.75, 3.05) is 4.90 Å². The van der Waals surface area contributed by atoms with Gasteiger partial charge in [0.15, 0.2) is 11.7 Å². The van der Waals surface area contributed by atoms with Gasteiger partial charge in [0.05, 0.1) is 6.26 Å². The standard InChI is InChI=1S/C20H19FN4O3S/c21-13-7-9-15(10-8-13)25(20(27)16-12-29-24-23-16)18(17-6-3-11-28-17)19(26)22-14-4-1-2-5-14/h3,6-12,14,18H,1-2,4-5H2,(H,22,26). The Morgan fingerprint density at radius 3 is 2.59 bits per heavy atom. The quantitative estimate of drug-likeness (QED) is 0.664. The number of carbonyl (C=O) groups excluding carboxylic acids is 2. The van der Waals surface area contributed by atoms with Crippen LogP contribution in [0.1, 0.15) is 48.0 Å². The van der Waals surface area contributed by atoms with E-state index in [4.69, 9.17) is 4.42 Å². The summed E-state index contributed by atoms with van der Waals surface area (Å²) in [5.74, 6) is -1.01. The molecule has 0 radical (unpaired) electrons. The van der Waals surface area contributed by atoms with Gasteiger partial charge >= 0.3 is 0 Å². The summed E-state index contributed by atoms with van der Waals surface area (Å²) in [7, 11) is 0. The van der Waals surface area contributed by atoms with Crippen LogP contribution in [-0.2, 0) is 4.79 Å². The van der Waals surface area contributed by atoms with Crippen molar-refractivity contribution in [2.24, 2.45) is 0 Å². The molecule has 1 aromatic carbocycles. The van der Waals surface area contributed by atoms with Crippen LogP contribution in [0.3, 0.4) is 0 Å². The molecular weight excluding hydrogens is 395 g/mol. The van der Waals surface area contributed by atoms with E-state index in [0.29, 0.717) is 11.4 Å². The molecule has 1 aliphatic carbocycles. The molecule has 9 heteroatoms. The highest BCUT2D eigenvalue weighted by atomic mass is 32.1. The number of amides is 2. The van der Waals surface area contributed by atoms with Crippen LogP contribution in [0.4, 0.5) is 10.1 Å². The molecule has 7 nitrogen and oxygen atoms in total. The highest BCUT2D eigenvalue weighted by Crippen LogP contribution is 2.31. The van der Waals surface area contributed by atoms with E-state index >= 15 is 0 Å². The molecule has 1 N–H and O–H groups in total. The Kier molecular flexibility index (Phi) is 5.66. The Morgan fingerprint density at radius 2 is 1.97 bits per heavy atom. The van der Waals surface area contributed by atoms with Gasteiger partial charge in [0.25, 0.3) is 11.8 Å². The lowest BCUT2D eigenvalue weighted by Gasteiger charge is -2.30. The summed E-state index contributed by atoms with van der Waals surface area (Å²) in [6, 6.07) is 7.67. The maximum atomic E-state index is 13.5. The lowest BCUT2D eigenvalue weighted by Crippen LogP contribution is -2.46. The van der Waals surface area contributed by atoms with Crippen LogP contribution in [-0.4, -0.2) is 27.4 Å². The number of halogens is 1. The second-order valence-electron chi connectivity index (χ2n) is 6.85. The predicted molar refractivity (Wildman–Crippen MR) is 105 cm³/mol. The zero-order valence-electron chi connectivity index (χ0n) is 15.5. The van der Waals surface area contributed by atoms with Gasteiger partial charge in [-0.25, -0.2) is 4.39 Å². The summed E-state index contributed by atoms with van der Waals surface area (Å²) >= 11 is 1.03. The van der Waals surface area contributed by atoms with Crippen molar-refractivity contribution in [3.8, 4) is 0 Å². The van der Waals surface area contributed by atoms with E-state index < -0.39 is 17.8 Å². The first-order chi connectivity index (χ1) is 14.1. The molecule has 0 bridgehead atoms. The Morgan fingerprint density at radius 1 is 1.21 bits per heavy atom. The van der Waals surface area contributed by atoms with Gasteiger partial charge in [0.2, 0.25) is 0 Å². The Labute approximate surface area is 170 Å². The molecule has 1 saturated carbocycles. The van der Waals surface area contributed by atoms with Gasteiger partial charge in [-0.15, -0.1) is 5.10 Å². The number of aromatic nitrogens is 2. The van der Waals surface area contributed by atoms with Gasteiger partial charge in [-0.05, 0) is 60.8 Å². The number of furan rings is 1. The molecule has 2 aromatic heterocycles. The van der Waals surface area contributed by atoms with Crippen molar-refractivity contribution in [3.05, 3.63) is 65.3 Å². The number of rotatable bonds is 6. The fourth-order valence-corrected chi connectivity index (χ4v) is 3.97. The second kappa shape index (κ2) is 8.52. The molecule has 150 valence electrons. The SMILES string of the molecule is O=C(NC1CCCC1)C(c1ccco1)N(C(=O)c1csnn1)c1ccc(F)cc1. The van der Waals surface area contributed by atoms with Crippen LogP contribution in [0.2, 0.25) is 0 Å². The van der Waals surface area contributed by atoms with Crippen LogP contribution >= 0.6 is 11.5 Å². The first kappa shape index (κ1) is 19.3. The molecule has 29 heavy (non-hydrogen) atoms. The van der Waals surface area contributed by atoms with E-state index in [1.165, 1.54) is 40.8 Å². The number of anilines is 1. The number of hydrogen-bond acceptors (Lipinski definition) is 6. The number of carbonyl (C=O) groups is 2. The minimum Gasteiger partial charge on any atom is -0.467 e. The summed E-state index contributed by atoms with van der Waals surface area (Å²) in [4.78, 5) is 27.8. The largest absolute Gasteiger partial charge is 0.467 e. The fourth-order valence-electron chi connectivity index (χ4n) is 3.54. The van der Waals surface area contributed by atoms with Crippen molar-refractivity contribution >= 4 is 29.0 Å². The Hall–Kier alpha value is -3.07. The van der Waals surface area contributed by atoms with Gasteiger partial charge in [-0.1, -0.05) is 17.3 Å². The maximum Gasteiger partial charge on any atom is 0.280 e. The lowest BCUT2D eigenvalue weighted by atomic mass is 10.1. The van der Waals surface area contributed by atoms with Crippen LogP contribution in [0, 0.1) is 5.82 Å². The second-order valence-corrected chi connectivity index (χ2v) is 7.46. The monoisotopic (exact) mass is 414 g/mol. The average Bonchev–Trinajstić information content (AvgIpc) is 3.49. The molecule has 1 fully saturated rings. The zero-order valence-corrected chi connectivity index (χ0v) is 16.3. The van der Waals surface area contributed by atoms with E-state index in [9.17, 15) is 14.0 Å². The highest BCUT2D eigenvalue weighted by Gasteiger charge is 2.37. The minimum atomic E-state index is -1.06. The highest BCUT2D eigenvalue weighted by molar-refractivity contribution is 7.03. The van der Waals surface area contributed by atoms with Crippen LogP contribution in [0.25, 0.3) is 0 Å². The number of nitrogens with one attached hydrogen (secondary N) is 1. The van der Waals surface area contributed by atoms with Gasteiger partial charge < -0.3 is 9.73 Å². The Balaban J connectivity index is 1.75. The van der Waals surface area contributed by atoms with Crippen molar-refractivity contribution in [3.63, 3.8) is 0 Å². The first-order valence-electron chi connectivity index (χ1n) is 9.33. The molecule has 0 saturated heterocycles. The molecule has 3 aromatic rings. The molecule has 1 unspecified atom stereocenters. The summed E-state index contributed by atoms with van der Waals surface area (Å²) in [5.41, 5.74) is 0.455. The smallest absolute Gasteiger partial charge is 0.280 e. The normalized spacial score (nSPS) is 15.2. The molecular formula is C20H19FN4O3S. The molecule has 0 spiro atoms. The molecule has 2 heterocycles. The van der Waals surface area contributed by atoms with E-state index in [1.807, 2.05) is 0 Å². The van der Waals surface area contributed by atoms with E-state index in [2.05, 4.69) is 14.9 Å². The first-order valence-corrected chi connectivity index (χ1v) is 10.2. The molecule has 1 atom stereocenters. The van der Waals surface area contributed by atoms with Crippen LogP contribution < -0.4 is 10.2 Å². The van der Waals surface area contributed by atoms with Crippen LogP contribution in [0.5, 0.6) is 0 Å². The van der Waals surface area contributed by atoms with Gasteiger partial charge in [-0.2, -0.15) is 0 Å². The summed E-state index contributed by atoms with van der Waals surface area (Å²) < 4.78 is 22.8. The van der Waals surface area contributed by atoms with E-state index in [0.717, 1.165) is 37.2 Å². The zero-order chi connectivity index (χ0) is 20.2. The van der Waals surface area contributed by atoms with Crippen molar-refractivity contribution in [1.82, 2.24) is 14.9 Å². The lowest BCUT2D eigenvalue weighted by molar-refractivity contribution is -0.123. The van der Waals surface area contributed by atoms with Gasteiger partial charge in [0.1, 0.15) is 11.6 Å². The number of hydrogen-bond donors (Lipinski definition) is 1. The molecule has 0 aliphatic heterocycles. The van der Waals surface area contributed by atoms with Gasteiger partial charge in [0, 0.05) is 17.1 Å². The topological polar surface area (TPSA) is 88.3 Å². The summed E-state index contributed by atoms with van der Waals surface area (Å²) in [6.45, 7) is 0.